The van der Waals surface area contributed by atoms with Crippen LogP contribution in [-0.2, 0) is 14.4 Å². The molecule has 3 rings (SSSR count). The average molecular weight is 459 g/mol. The van der Waals surface area contributed by atoms with Crippen molar-refractivity contribution in [1.82, 2.24) is 14.8 Å². The van der Waals surface area contributed by atoms with E-state index in [1.807, 2.05) is 0 Å². The Hall–Kier alpha value is -3.56. The zero-order valence-electron chi connectivity index (χ0n) is 18.9. The number of benzene rings is 1. The van der Waals surface area contributed by atoms with Gasteiger partial charge in [0.2, 0.25) is 5.91 Å². The second-order valence-corrected chi connectivity index (χ2v) is 8.52. The van der Waals surface area contributed by atoms with Crippen molar-refractivity contribution in [3.8, 4) is 0 Å². The highest BCUT2D eigenvalue weighted by molar-refractivity contribution is 6.39. The van der Waals surface area contributed by atoms with E-state index in [0.717, 1.165) is 12.1 Å². The van der Waals surface area contributed by atoms with Crippen molar-refractivity contribution < 1.29 is 23.2 Å². The van der Waals surface area contributed by atoms with E-state index in [-0.39, 0.29) is 36.5 Å². The van der Waals surface area contributed by atoms with Gasteiger partial charge in [-0.2, -0.15) is 0 Å². The van der Waals surface area contributed by atoms with Gasteiger partial charge in [-0.3, -0.25) is 14.4 Å². The van der Waals surface area contributed by atoms with Gasteiger partial charge in [0.15, 0.2) is 11.6 Å². The van der Waals surface area contributed by atoms with E-state index in [0.29, 0.717) is 17.1 Å². The maximum atomic E-state index is 14.0. The van der Waals surface area contributed by atoms with Gasteiger partial charge in [0.25, 0.3) is 0 Å². The van der Waals surface area contributed by atoms with Crippen LogP contribution in [0.15, 0.2) is 30.5 Å². The van der Waals surface area contributed by atoms with Crippen molar-refractivity contribution >= 4 is 29.2 Å². The van der Waals surface area contributed by atoms with Crippen LogP contribution in [0.1, 0.15) is 37.9 Å². The molecule has 1 aromatic carbocycles. The van der Waals surface area contributed by atoms with Crippen LogP contribution in [0.4, 0.5) is 20.3 Å². The third-order valence-corrected chi connectivity index (χ3v) is 5.68. The van der Waals surface area contributed by atoms with Gasteiger partial charge in [-0.05, 0) is 43.2 Å². The summed E-state index contributed by atoms with van der Waals surface area (Å²) in [4.78, 5) is 45.5. The second kappa shape index (κ2) is 9.51. The number of carbonyl (C=O) groups excluding carboxylic acids is 3. The number of pyridine rings is 1. The summed E-state index contributed by atoms with van der Waals surface area (Å²) in [6.07, 6.45) is 1.34. The second-order valence-electron chi connectivity index (χ2n) is 8.52. The topological polar surface area (TPSA) is 109 Å². The summed E-state index contributed by atoms with van der Waals surface area (Å²) in [5.74, 6) is -3.99. The molecule has 1 aromatic heterocycles. The first kappa shape index (κ1) is 24.1. The van der Waals surface area contributed by atoms with E-state index in [2.05, 4.69) is 10.3 Å². The highest BCUT2D eigenvalue weighted by Gasteiger charge is 2.40. The van der Waals surface area contributed by atoms with E-state index in [1.165, 1.54) is 17.2 Å². The first-order chi connectivity index (χ1) is 15.5. The summed E-state index contributed by atoms with van der Waals surface area (Å²) in [6.45, 7) is 7.10. The largest absolute Gasteiger partial charge is 0.383 e. The number of amides is 3. The zero-order chi connectivity index (χ0) is 24.4. The first-order valence-corrected chi connectivity index (χ1v) is 10.6. The number of aromatic nitrogens is 1. The number of hydrogen-bond donors (Lipinski definition) is 2. The van der Waals surface area contributed by atoms with Gasteiger partial charge in [0.05, 0.1) is 17.9 Å². The van der Waals surface area contributed by atoms with Crippen LogP contribution >= 0.6 is 0 Å². The van der Waals surface area contributed by atoms with Crippen LogP contribution < -0.4 is 11.1 Å². The van der Waals surface area contributed by atoms with Gasteiger partial charge in [0, 0.05) is 25.0 Å². The Balaban J connectivity index is 1.91. The van der Waals surface area contributed by atoms with Gasteiger partial charge < -0.3 is 20.9 Å². The third-order valence-electron chi connectivity index (χ3n) is 5.68. The predicted octanol–water partition coefficient (Wildman–Crippen LogP) is 2.65. The van der Waals surface area contributed by atoms with Gasteiger partial charge in [-0.25, -0.2) is 13.8 Å². The minimum atomic E-state index is -1.08. The number of nitrogens with two attached hydrogens (primary N) is 1. The van der Waals surface area contributed by atoms with Gasteiger partial charge >= 0.3 is 11.8 Å². The van der Waals surface area contributed by atoms with Gasteiger partial charge in [0.1, 0.15) is 5.82 Å². The molecule has 0 radical (unpaired) electrons. The summed E-state index contributed by atoms with van der Waals surface area (Å²) in [6, 6.07) is 3.68. The maximum absolute atomic E-state index is 14.0. The average Bonchev–Trinajstić information content (AvgIpc) is 2.77. The molecule has 3 N–H and O–H groups in total. The predicted molar refractivity (Wildman–Crippen MR) is 119 cm³/mol. The number of aryl methyl sites for hydroxylation is 1. The molecule has 1 saturated heterocycles. The summed E-state index contributed by atoms with van der Waals surface area (Å²) < 4.78 is 27.5. The number of hydrogen-bond acceptors (Lipinski definition) is 5. The summed E-state index contributed by atoms with van der Waals surface area (Å²) in [7, 11) is 0. The van der Waals surface area contributed by atoms with Crippen LogP contribution in [0.25, 0.3) is 0 Å². The lowest BCUT2D eigenvalue weighted by molar-refractivity contribution is -0.152. The summed E-state index contributed by atoms with van der Waals surface area (Å²) in [5.41, 5.74) is 6.90. The van der Waals surface area contributed by atoms with E-state index in [4.69, 9.17) is 5.73 Å². The van der Waals surface area contributed by atoms with Gasteiger partial charge in [-0.1, -0.05) is 19.9 Å². The Morgan fingerprint density at radius 3 is 2.42 bits per heavy atom. The fraction of sp³-hybridized carbons (Fsp3) is 0.391. The molecule has 8 nitrogen and oxygen atoms in total. The molecular formula is C23H27F2N5O3. The molecule has 2 atom stereocenters. The highest BCUT2D eigenvalue weighted by Crippen LogP contribution is 2.30. The van der Waals surface area contributed by atoms with Crippen molar-refractivity contribution in [3.63, 3.8) is 0 Å². The van der Waals surface area contributed by atoms with Crippen LogP contribution in [0, 0.1) is 24.5 Å². The normalized spacial score (nSPS) is 18.4. The number of nitrogens with zero attached hydrogens (tertiary/aromatic N) is 3. The van der Waals surface area contributed by atoms with Crippen molar-refractivity contribution in [2.75, 3.05) is 24.1 Å². The lowest BCUT2D eigenvalue weighted by Crippen LogP contribution is -2.59. The lowest BCUT2D eigenvalue weighted by Gasteiger charge is -2.45. The molecule has 3 amide bonds. The standard InChI is InChI=1S/C23H27F2N5O3/c1-12(2)22(32)29-11-19(15-5-6-17(24)18(25)8-15)30(10-14(29)4)23(33)21(31)28-16-7-13(3)20(26)27-9-16/h5-9,12,14,19H,10-11H2,1-4H3,(H2,26,27)(H,28,31)/t14-,19-/m1/s1. The fourth-order valence-corrected chi connectivity index (χ4v) is 3.81. The van der Waals surface area contributed by atoms with Gasteiger partial charge in [-0.15, -0.1) is 0 Å². The number of nitrogen functional groups attached to an aromatic ring is 1. The minimum absolute atomic E-state index is 0.0464. The molecule has 1 aliphatic rings. The number of nitrogens with one attached hydrogen (secondary N) is 1. The fourth-order valence-electron chi connectivity index (χ4n) is 3.81. The van der Waals surface area contributed by atoms with Crippen molar-refractivity contribution in [2.24, 2.45) is 5.92 Å². The van der Waals surface area contributed by atoms with Crippen molar-refractivity contribution in [1.29, 1.82) is 0 Å². The van der Waals surface area contributed by atoms with E-state index in [9.17, 15) is 23.2 Å². The van der Waals surface area contributed by atoms with E-state index < -0.39 is 29.5 Å². The van der Waals surface area contributed by atoms with Crippen molar-refractivity contribution in [2.45, 2.75) is 39.8 Å². The number of anilines is 2. The Morgan fingerprint density at radius 1 is 1.12 bits per heavy atom. The molecule has 10 heteroatoms. The van der Waals surface area contributed by atoms with Crippen LogP contribution in [0.3, 0.4) is 0 Å². The Bertz CT molecular complexity index is 1090. The molecule has 0 spiro atoms. The molecule has 33 heavy (non-hydrogen) atoms. The lowest BCUT2D eigenvalue weighted by atomic mass is 9.97. The smallest absolute Gasteiger partial charge is 0.313 e. The monoisotopic (exact) mass is 459 g/mol. The van der Waals surface area contributed by atoms with E-state index in [1.54, 1.807) is 38.7 Å². The molecule has 1 fully saturated rings. The SMILES string of the molecule is Cc1cc(NC(=O)C(=O)N2C[C@@H](C)N(C(=O)C(C)C)C[C@@H]2c2ccc(F)c(F)c2)cnc1N. The molecule has 1 aliphatic heterocycles. The third kappa shape index (κ3) is 5.10. The maximum Gasteiger partial charge on any atom is 0.313 e. The highest BCUT2D eigenvalue weighted by atomic mass is 19.2. The molecule has 2 aromatic rings. The molecule has 0 aliphatic carbocycles. The zero-order valence-corrected chi connectivity index (χ0v) is 18.9. The number of halogens is 2. The summed E-state index contributed by atoms with van der Waals surface area (Å²) in [5, 5.41) is 2.50. The molecule has 0 bridgehead atoms. The summed E-state index contributed by atoms with van der Waals surface area (Å²) >= 11 is 0. The Morgan fingerprint density at radius 2 is 1.82 bits per heavy atom. The molecule has 2 heterocycles. The minimum Gasteiger partial charge on any atom is -0.383 e. The number of carbonyl (C=O) groups is 3. The molecule has 0 saturated carbocycles. The molecular weight excluding hydrogens is 432 g/mol. The quantitative estimate of drug-likeness (QED) is 0.686. The van der Waals surface area contributed by atoms with Crippen molar-refractivity contribution in [3.05, 3.63) is 53.2 Å². The van der Waals surface area contributed by atoms with Crippen LogP contribution in [0.2, 0.25) is 0 Å². The number of piperazine rings is 1. The number of rotatable bonds is 3. The van der Waals surface area contributed by atoms with E-state index >= 15 is 0 Å². The Kier molecular flexibility index (Phi) is 6.95. The van der Waals surface area contributed by atoms with Crippen LogP contribution in [-0.4, -0.2) is 51.6 Å². The molecule has 176 valence electrons. The first-order valence-electron chi connectivity index (χ1n) is 10.6. The van der Waals surface area contributed by atoms with Crippen LogP contribution in [0.5, 0.6) is 0 Å². The molecule has 0 unspecified atom stereocenters. The Labute approximate surface area is 190 Å².